The molecule has 0 atom stereocenters. The monoisotopic (exact) mass is 286 g/mol. The number of hydrogen-bond acceptors (Lipinski definition) is 2. The molecule has 2 heteroatoms. The third-order valence-electron chi connectivity index (χ3n) is 6.82. The van der Waals surface area contributed by atoms with Crippen LogP contribution in [0.5, 0.6) is 11.5 Å². The van der Waals surface area contributed by atoms with Crippen molar-refractivity contribution >= 4 is 0 Å². The van der Waals surface area contributed by atoms with Gasteiger partial charge in [0.15, 0.2) is 11.5 Å². The summed E-state index contributed by atoms with van der Waals surface area (Å²) in [7, 11) is 3.52. The van der Waals surface area contributed by atoms with Gasteiger partial charge in [-0.2, -0.15) is 0 Å². The summed E-state index contributed by atoms with van der Waals surface area (Å²) in [6.45, 7) is 2.50. The van der Waals surface area contributed by atoms with E-state index in [4.69, 9.17) is 9.47 Å². The van der Waals surface area contributed by atoms with Gasteiger partial charge in [0.05, 0.1) is 14.2 Å². The maximum atomic E-state index is 5.76. The van der Waals surface area contributed by atoms with E-state index in [1.54, 1.807) is 14.2 Å². The summed E-state index contributed by atoms with van der Waals surface area (Å²) in [4.78, 5) is 0. The Kier molecular flexibility index (Phi) is 2.99. The lowest BCUT2D eigenvalue weighted by Crippen LogP contribution is -2.54. The zero-order valence-electron chi connectivity index (χ0n) is 13.4. The topological polar surface area (TPSA) is 18.5 Å². The van der Waals surface area contributed by atoms with Crippen molar-refractivity contribution in [3.8, 4) is 11.5 Å². The fourth-order valence-corrected chi connectivity index (χ4v) is 5.91. The second kappa shape index (κ2) is 4.66. The number of benzene rings is 1. The highest BCUT2D eigenvalue weighted by molar-refractivity contribution is 5.51. The van der Waals surface area contributed by atoms with E-state index in [9.17, 15) is 0 Å². The number of methoxy groups -OCH3 is 2. The molecule has 0 heterocycles. The first kappa shape index (κ1) is 13.5. The minimum Gasteiger partial charge on any atom is -0.493 e. The van der Waals surface area contributed by atoms with E-state index < -0.39 is 0 Å². The van der Waals surface area contributed by atoms with Crippen molar-refractivity contribution in [1.29, 1.82) is 0 Å². The van der Waals surface area contributed by atoms with Crippen molar-refractivity contribution < 1.29 is 9.47 Å². The van der Waals surface area contributed by atoms with Gasteiger partial charge in [0.2, 0.25) is 0 Å². The summed E-state index contributed by atoms with van der Waals surface area (Å²) in [6.07, 6.45) is 7.18. The van der Waals surface area contributed by atoms with Gasteiger partial charge in [0.25, 0.3) is 0 Å². The maximum Gasteiger partial charge on any atom is 0.164 e. The Morgan fingerprint density at radius 1 is 0.905 bits per heavy atom. The minimum atomic E-state index is 0.271. The molecule has 2 nitrogen and oxygen atoms in total. The molecule has 0 aliphatic heterocycles. The van der Waals surface area contributed by atoms with Crippen LogP contribution >= 0.6 is 0 Å². The van der Waals surface area contributed by atoms with Gasteiger partial charge in [-0.05, 0) is 61.8 Å². The van der Waals surface area contributed by atoms with Crippen LogP contribution in [0.4, 0.5) is 0 Å². The molecule has 0 N–H and O–H groups in total. The number of ether oxygens (including phenoxy) is 2. The molecule has 4 bridgehead atoms. The maximum absolute atomic E-state index is 5.76. The standard InChI is InChI=1S/C19H26O2/c1-19(16-5-4-6-17(20-2)18(16)21-3)14-8-12-7-13(10-14)11-15(19)9-12/h4-6,12-15H,7-11H2,1-3H3. The summed E-state index contributed by atoms with van der Waals surface area (Å²) in [5, 5.41) is 0. The molecule has 0 unspecified atom stereocenters. The van der Waals surface area contributed by atoms with Gasteiger partial charge in [-0.1, -0.05) is 19.1 Å². The first-order valence-electron chi connectivity index (χ1n) is 8.38. The third-order valence-corrected chi connectivity index (χ3v) is 6.82. The molecule has 0 radical (unpaired) electrons. The second-order valence-corrected chi connectivity index (χ2v) is 7.63. The Hall–Kier alpha value is -1.18. The van der Waals surface area contributed by atoms with Crippen molar-refractivity contribution in [2.24, 2.45) is 23.7 Å². The van der Waals surface area contributed by atoms with E-state index in [1.807, 2.05) is 6.07 Å². The van der Waals surface area contributed by atoms with Gasteiger partial charge in [-0.15, -0.1) is 0 Å². The Morgan fingerprint density at radius 2 is 1.52 bits per heavy atom. The van der Waals surface area contributed by atoms with Crippen LogP contribution in [0.2, 0.25) is 0 Å². The largest absolute Gasteiger partial charge is 0.493 e. The highest BCUT2D eigenvalue weighted by atomic mass is 16.5. The lowest BCUT2D eigenvalue weighted by Gasteiger charge is -2.60. The second-order valence-electron chi connectivity index (χ2n) is 7.63. The third kappa shape index (κ3) is 1.77. The van der Waals surface area contributed by atoms with Crippen LogP contribution < -0.4 is 9.47 Å². The molecule has 0 amide bonds. The van der Waals surface area contributed by atoms with Gasteiger partial charge in [-0.25, -0.2) is 0 Å². The number of para-hydroxylation sites is 1. The molecular weight excluding hydrogens is 260 g/mol. The van der Waals surface area contributed by atoms with Crippen LogP contribution in [0.15, 0.2) is 18.2 Å². The van der Waals surface area contributed by atoms with Crippen molar-refractivity contribution in [2.75, 3.05) is 14.2 Å². The molecule has 1 aromatic rings. The molecule has 4 fully saturated rings. The zero-order valence-corrected chi connectivity index (χ0v) is 13.4. The highest BCUT2D eigenvalue weighted by Gasteiger charge is 2.56. The van der Waals surface area contributed by atoms with Crippen LogP contribution in [0.1, 0.15) is 44.6 Å². The Bertz CT molecular complexity index is 520. The summed E-state index contributed by atoms with van der Waals surface area (Å²) in [5.74, 6) is 5.50. The lowest BCUT2D eigenvalue weighted by atomic mass is 9.44. The summed E-state index contributed by atoms with van der Waals surface area (Å²) >= 11 is 0. The molecule has 0 aromatic heterocycles. The normalized spacial score (nSPS) is 40.3. The highest BCUT2D eigenvalue weighted by Crippen LogP contribution is 2.64. The van der Waals surface area contributed by atoms with Gasteiger partial charge in [-0.3, -0.25) is 0 Å². The van der Waals surface area contributed by atoms with Crippen LogP contribution in [0.3, 0.4) is 0 Å². The van der Waals surface area contributed by atoms with Crippen molar-refractivity contribution in [1.82, 2.24) is 0 Å². The number of hydrogen-bond donors (Lipinski definition) is 0. The molecule has 114 valence electrons. The molecular formula is C19H26O2. The van der Waals surface area contributed by atoms with E-state index in [1.165, 1.54) is 37.7 Å². The van der Waals surface area contributed by atoms with Gasteiger partial charge in [0, 0.05) is 11.0 Å². The van der Waals surface area contributed by atoms with E-state index >= 15 is 0 Å². The predicted molar refractivity (Wildman–Crippen MR) is 83.9 cm³/mol. The first-order chi connectivity index (χ1) is 10.2. The van der Waals surface area contributed by atoms with Gasteiger partial charge in [0.1, 0.15) is 0 Å². The molecule has 4 saturated carbocycles. The fraction of sp³-hybridized carbons (Fsp3) is 0.684. The van der Waals surface area contributed by atoms with Gasteiger partial charge < -0.3 is 9.47 Å². The predicted octanol–water partition coefficient (Wildman–Crippen LogP) is 4.42. The van der Waals surface area contributed by atoms with Crippen molar-refractivity contribution in [2.45, 2.75) is 44.4 Å². The summed E-state index contributed by atoms with van der Waals surface area (Å²) in [5.41, 5.74) is 1.66. The number of rotatable bonds is 3. The van der Waals surface area contributed by atoms with E-state index in [-0.39, 0.29) is 5.41 Å². The van der Waals surface area contributed by atoms with Crippen molar-refractivity contribution in [3.63, 3.8) is 0 Å². The van der Waals surface area contributed by atoms with E-state index in [0.717, 1.165) is 35.2 Å². The van der Waals surface area contributed by atoms with Gasteiger partial charge >= 0.3 is 0 Å². The molecule has 5 rings (SSSR count). The minimum absolute atomic E-state index is 0.271. The molecule has 21 heavy (non-hydrogen) atoms. The van der Waals surface area contributed by atoms with E-state index in [0.29, 0.717) is 0 Å². The van der Waals surface area contributed by atoms with E-state index in [2.05, 4.69) is 19.1 Å². The summed E-state index contributed by atoms with van der Waals surface area (Å²) in [6, 6.07) is 6.43. The Balaban J connectivity index is 1.82. The molecule has 0 saturated heterocycles. The summed E-state index contributed by atoms with van der Waals surface area (Å²) < 4.78 is 11.3. The quantitative estimate of drug-likeness (QED) is 0.819. The molecule has 4 aliphatic rings. The Labute approximate surface area is 127 Å². The van der Waals surface area contributed by atoms with Crippen LogP contribution in [0.25, 0.3) is 0 Å². The molecule has 4 aliphatic carbocycles. The SMILES string of the molecule is COc1cccc(C2(C)C3CC4CC(C3)CC2C4)c1OC. The van der Waals surface area contributed by atoms with Crippen LogP contribution in [-0.4, -0.2) is 14.2 Å². The first-order valence-corrected chi connectivity index (χ1v) is 8.38. The average Bonchev–Trinajstić information content (AvgIpc) is 2.50. The van der Waals surface area contributed by atoms with Crippen LogP contribution in [-0.2, 0) is 5.41 Å². The lowest BCUT2D eigenvalue weighted by molar-refractivity contribution is -0.0532. The van der Waals surface area contributed by atoms with Crippen LogP contribution in [0, 0.1) is 23.7 Å². The molecule has 1 aromatic carbocycles. The fourth-order valence-electron chi connectivity index (χ4n) is 5.91. The molecule has 0 spiro atoms. The smallest absolute Gasteiger partial charge is 0.164 e. The Morgan fingerprint density at radius 3 is 2.05 bits per heavy atom. The zero-order chi connectivity index (χ0) is 14.6. The van der Waals surface area contributed by atoms with Crippen molar-refractivity contribution in [3.05, 3.63) is 23.8 Å². The average molecular weight is 286 g/mol.